The van der Waals surface area contributed by atoms with Crippen molar-refractivity contribution >= 4 is 39.5 Å². The van der Waals surface area contributed by atoms with E-state index in [1.165, 1.54) is 225 Å². The third-order valence-electron chi connectivity index (χ3n) is 19.9. The SMILES string of the molecule is CCCCCCCCCC(=O)OC[C@H](COP(=O)(O)OC[C@H](O)COP(=O)(O)OC[C@@H](COC(=O)CCCCCCCCCCCCCCCCC(C)CC)OC(=O)CCCCCCCCCCCCCCCCCC(C)C)OC(=O)CCCCCCCCCCCCCCCCC(C)CC. The Labute approximate surface area is 619 Å². The summed E-state index contributed by atoms with van der Waals surface area (Å²) >= 11 is 0. The van der Waals surface area contributed by atoms with Gasteiger partial charge in [-0.1, -0.05) is 376 Å². The van der Waals surface area contributed by atoms with Gasteiger partial charge in [0.1, 0.15) is 19.3 Å². The molecule has 0 fully saturated rings. The molecule has 4 unspecified atom stereocenters. The Morgan fingerprint density at radius 1 is 0.287 bits per heavy atom. The number of phosphoric ester groups is 2. The lowest BCUT2D eigenvalue weighted by Gasteiger charge is -2.21. The summed E-state index contributed by atoms with van der Waals surface area (Å²) in [5.41, 5.74) is 0. The normalized spacial score (nSPS) is 14.5. The standard InChI is InChI=1S/C82H160O17P2/c1-8-11-12-13-39-49-56-63-79(84)92-69-77(98-81(86)65-59-52-45-38-32-26-20-18-23-29-35-42-48-55-62-75(7)10-3)71-96-100(88,89)94-67-76(83)68-95-101(90,91)97-72-78(99-82(87)66-58-51-44-37-31-25-16-14-15-21-27-33-40-46-53-60-73(4)5)70-93-80(85)64-57-50-43-36-30-24-19-17-22-28-34-41-47-54-61-74(6)9-2/h73-78,83H,8-72H2,1-7H3,(H,88,89)(H,90,91)/t74?,75?,76-,77+,78+/m0/s1. The fraction of sp³-hybridized carbons (Fsp3) is 0.951. The van der Waals surface area contributed by atoms with Crippen LogP contribution in [-0.2, 0) is 65.4 Å². The molecule has 600 valence electrons. The highest BCUT2D eigenvalue weighted by Crippen LogP contribution is 2.45. The average molecular weight is 1480 g/mol. The lowest BCUT2D eigenvalue weighted by molar-refractivity contribution is -0.161. The number of hydrogen-bond donors (Lipinski definition) is 3. The molecule has 0 aliphatic rings. The van der Waals surface area contributed by atoms with Crippen molar-refractivity contribution in [1.29, 1.82) is 0 Å². The maximum absolute atomic E-state index is 13.1. The molecule has 0 rings (SSSR count). The van der Waals surface area contributed by atoms with E-state index in [1.807, 2.05) is 0 Å². The van der Waals surface area contributed by atoms with Gasteiger partial charge in [0.2, 0.25) is 0 Å². The van der Waals surface area contributed by atoms with E-state index in [0.717, 1.165) is 120 Å². The second-order valence-corrected chi connectivity index (χ2v) is 33.4. The van der Waals surface area contributed by atoms with Gasteiger partial charge in [-0.2, -0.15) is 0 Å². The molecule has 0 aromatic heterocycles. The van der Waals surface area contributed by atoms with Gasteiger partial charge in [-0.25, -0.2) is 9.13 Å². The van der Waals surface area contributed by atoms with Crippen molar-refractivity contribution in [2.24, 2.45) is 17.8 Å². The second-order valence-electron chi connectivity index (χ2n) is 30.5. The number of esters is 4. The zero-order valence-corrected chi connectivity index (χ0v) is 68.2. The number of carbonyl (C=O) groups is 4. The monoisotopic (exact) mass is 1480 g/mol. The van der Waals surface area contributed by atoms with E-state index in [0.29, 0.717) is 25.7 Å². The third-order valence-corrected chi connectivity index (χ3v) is 21.8. The van der Waals surface area contributed by atoms with Gasteiger partial charge in [-0.3, -0.25) is 37.3 Å². The summed E-state index contributed by atoms with van der Waals surface area (Å²) in [4.78, 5) is 72.9. The molecule has 0 saturated carbocycles. The Bertz CT molecular complexity index is 1960. The Hall–Kier alpha value is -1.94. The van der Waals surface area contributed by atoms with E-state index in [-0.39, 0.29) is 25.7 Å². The fourth-order valence-corrected chi connectivity index (χ4v) is 14.2. The zero-order valence-electron chi connectivity index (χ0n) is 66.4. The molecule has 0 aromatic carbocycles. The molecule has 19 heteroatoms. The first-order valence-electron chi connectivity index (χ1n) is 42.4. The first-order chi connectivity index (χ1) is 48.8. The summed E-state index contributed by atoms with van der Waals surface area (Å²) in [5, 5.41) is 10.6. The van der Waals surface area contributed by atoms with E-state index in [2.05, 4.69) is 48.5 Å². The first-order valence-corrected chi connectivity index (χ1v) is 45.4. The van der Waals surface area contributed by atoms with Crippen LogP contribution in [0.4, 0.5) is 0 Å². The van der Waals surface area contributed by atoms with Crippen LogP contribution in [0.5, 0.6) is 0 Å². The maximum atomic E-state index is 13.1. The van der Waals surface area contributed by atoms with E-state index in [1.54, 1.807) is 0 Å². The van der Waals surface area contributed by atoms with Crippen molar-refractivity contribution in [3.63, 3.8) is 0 Å². The number of phosphoric acid groups is 2. The van der Waals surface area contributed by atoms with Crippen molar-refractivity contribution in [2.45, 2.75) is 446 Å². The number of carbonyl (C=O) groups excluding carboxylic acids is 4. The van der Waals surface area contributed by atoms with Gasteiger partial charge in [0.15, 0.2) is 12.2 Å². The lowest BCUT2D eigenvalue weighted by Crippen LogP contribution is -2.30. The van der Waals surface area contributed by atoms with Gasteiger partial charge < -0.3 is 33.8 Å². The summed E-state index contributed by atoms with van der Waals surface area (Å²) in [5.74, 6) is 0.385. The number of ether oxygens (including phenoxy) is 4. The highest BCUT2D eigenvalue weighted by atomic mass is 31.2. The van der Waals surface area contributed by atoms with Gasteiger partial charge in [0.05, 0.1) is 26.4 Å². The van der Waals surface area contributed by atoms with Crippen LogP contribution in [-0.4, -0.2) is 96.7 Å². The fourth-order valence-electron chi connectivity index (χ4n) is 12.6. The molecule has 3 N–H and O–H groups in total. The molecule has 0 radical (unpaired) electrons. The molecule has 0 aliphatic heterocycles. The van der Waals surface area contributed by atoms with Crippen molar-refractivity contribution < 1.29 is 80.2 Å². The molecule has 0 bridgehead atoms. The van der Waals surface area contributed by atoms with Crippen LogP contribution in [0.15, 0.2) is 0 Å². The molecule has 17 nitrogen and oxygen atoms in total. The molecule has 7 atom stereocenters. The average Bonchev–Trinajstić information content (AvgIpc) is 0.974. The van der Waals surface area contributed by atoms with Gasteiger partial charge in [0, 0.05) is 25.7 Å². The smallest absolute Gasteiger partial charge is 0.462 e. The molecule has 0 aromatic rings. The van der Waals surface area contributed by atoms with Crippen molar-refractivity contribution in [3.05, 3.63) is 0 Å². The minimum absolute atomic E-state index is 0.107. The predicted molar refractivity (Wildman–Crippen MR) is 414 cm³/mol. The van der Waals surface area contributed by atoms with Crippen molar-refractivity contribution in [2.75, 3.05) is 39.6 Å². The molecule has 0 saturated heterocycles. The summed E-state index contributed by atoms with van der Waals surface area (Å²) in [6.45, 7) is 12.0. The molecule has 0 heterocycles. The number of unbranched alkanes of at least 4 members (excludes halogenated alkanes) is 46. The minimum Gasteiger partial charge on any atom is -0.462 e. The van der Waals surface area contributed by atoms with Crippen molar-refractivity contribution in [1.82, 2.24) is 0 Å². The Kier molecular flexibility index (Phi) is 70.9. The van der Waals surface area contributed by atoms with Gasteiger partial charge in [-0.15, -0.1) is 0 Å². The second kappa shape index (κ2) is 72.3. The van der Waals surface area contributed by atoms with Crippen LogP contribution in [0.2, 0.25) is 0 Å². The first kappa shape index (κ1) is 99.1. The zero-order chi connectivity index (χ0) is 74.4. The highest BCUT2D eigenvalue weighted by molar-refractivity contribution is 7.47. The molecule has 101 heavy (non-hydrogen) atoms. The third kappa shape index (κ3) is 73.4. The van der Waals surface area contributed by atoms with Crippen LogP contribution in [0.3, 0.4) is 0 Å². The topological polar surface area (TPSA) is 237 Å². The number of aliphatic hydroxyl groups is 1. The van der Waals surface area contributed by atoms with Crippen LogP contribution in [0.1, 0.15) is 427 Å². The van der Waals surface area contributed by atoms with Crippen LogP contribution < -0.4 is 0 Å². The predicted octanol–water partition coefficient (Wildman–Crippen LogP) is 24.5. The summed E-state index contributed by atoms with van der Waals surface area (Å²) in [6.07, 6.45) is 61.0. The largest absolute Gasteiger partial charge is 0.472 e. The number of rotatable bonds is 80. The van der Waals surface area contributed by atoms with E-state index >= 15 is 0 Å². The lowest BCUT2D eigenvalue weighted by atomic mass is 9.99. The van der Waals surface area contributed by atoms with Gasteiger partial charge in [-0.05, 0) is 43.4 Å². The van der Waals surface area contributed by atoms with Gasteiger partial charge in [0.25, 0.3) is 0 Å². The Balaban J connectivity index is 5.18. The molecule has 0 spiro atoms. The molecule has 0 amide bonds. The van der Waals surface area contributed by atoms with Crippen LogP contribution >= 0.6 is 15.6 Å². The van der Waals surface area contributed by atoms with E-state index < -0.39 is 97.5 Å². The highest BCUT2D eigenvalue weighted by Gasteiger charge is 2.30. The quantitative estimate of drug-likeness (QED) is 0.0222. The molecular weight excluding hydrogens is 1320 g/mol. The summed E-state index contributed by atoms with van der Waals surface area (Å²) in [7, 11) is -9.92. The molecular formula is C82H160O17P2. The minimum atomic E-state index is -4.96. The number of hydrogen-bond acceptors (Lipinski definition) is 15. The van der Waals surface area contributed by atoms with E-state index in [4.69, 9.17) is 37.0 Å². The van der Waals surface area contributed by atoms with E-state index in [9.17, 15) is 43.2 Å². The van der Waals surface area contributed by atoms with Crippen LogP contribution in [0, 0.1) is 17.8 Å². The summed E-state index contributed by atoms with van der Waals surface area (Å²) in [6, 6.07) is 0. The molecule has 0 aliphatic carbocycles. The maximum Gasteiger partial charge on any atom is 0.472 e. The van der Waals surface area contributed by atoms with Crippen molar-refractivity contribution in [3.8, 4) is 0 Å². The van der Waals surface area contributed by atoms with Gasteiger partial charge >= 0.3 is 39.5 Å². The van der Waals surface area contributed by atoms with Crippen LogP contribution in [0.25, 0.3) is 0 Å². The summed E-state index contributed by atoms with van der Waals surface area (Å²) < 4.78 is 68.7. The Morgan fingerprint density at radius 2 is 0.505 bits per heavy atom. The number of aliphatic hydroxyl groups excluding tert-OH is 1. The Morgan fingerprint density at radius 3 is 0.752 bits per heavy atom.